The predicted molar refractivity (Wildman–Crippen MR) is 53.0 cm³/mol. The molecule has 3 nitrogen and oxygen atoms in total. The molecule has 0 aliphatic carbocycles. The van der Waals surface area contributed by atoms with Gasteiger partial charge in [0, 0.05) is 19.7 Å². The van der Waals surface area contributed by atoms with Gasteiger partial charge in [0.15, 0.2) is 0 Å². The molecule has 0 N–H and O–H groups in total. The van der Waals surface area contributed by atoms with E-state index in [0.29, 0.717) is 13.2 Å². The minimum Gasteiger partial charge on any atom is -0.372 e. The molecule has 1 aliphatic heterocycles. The van der Waals surface area contributed by atoms with E-state index in [2.05, 4.69) is 0 Å². The van der Waals surface area contributed by atoms with Crippen molar-refractivity contribution >= 4 is 5.91 Å². The summed E-state index contributed by atoms with van der Waals surface area (Å²) >= 11 is 0. The van der Waals surface area contributed by atoms with Crippen LogP contribution in [0.3, 0.4) is 0 Å². The Morgan fingerprint density at radius 1 is 1.29 bits per heavy atom. The first-order valence-corrected chi connectivity index (χ1v) is 4.59. The second-order valence-electron chi connectivity index (χ2n) is 3.68. The maximum Gasteiger partial charge on any atom is 0.253 e. The van der Waals surface area contributed by atoms with Crippen molar-refractivity contribution < 1.29 is 9.53 Å². The molecule has 0 radical (unpaired) electrons. The summed E-state index contributed by atoms with van der Waals surface area (Å²) in [5.74, 6) is 0.0414. The molecular weight excluding hydrogens is 178 g/mol. The molecule has 0 saturated heterocycles. The second kappa shape index (κ2) is 3.42. The van der Waals surface area contributed by atoms with E-state index in [1.54, 1.807) is 19.0 Å². The van der Waals surface area contributed by atoms with Crippen molar-refractivity contribution in [2.45, 2.75) is 13.2 Å². The van der Waals surface area contributed by atoms with Gasteiger partial charge in [-0.05, 0) is 23.3 Å². The van der Waals surface area contributed by atoms with Crippen molar-refractivity contribution in [2.75, 3.05) is 14.1 Å². The first-order chi connectivity index (χ1) is 6.68. The summed E-state index contributed by atoms with van der Waals surface area (Å²) in [5, 5.41) is 0. The third-order valence-electron chi connectivity index (χ3n) is 2.37. The number of hydrogen-bond donors (Lipinski definition) is 0. The lowest BCUT2D eigenvalue weighted by Gasteiger charge is -2.10. The number of benzene rings is 1. The molecule has 0 bridgehead atoms. The summed E-state index contributed by atoms with van der Waals surface area (Å²) in [6, 6.07) is 5.75. The van der Waals surface area contributed by atoms with Gasteiger partial charge >= 0.3 is 0 Å². The topological polar surface area (TPSA) is 29.5 Å². The fourth-order valence-corrected chi connectivity index (χ4v) is 1.56. The van der Waals surface area contributed by atoms with E-state index in [9.17, 15) is 4.79 Å². The first kappa shape index (κ1) is 9.21. The quantitative estimate of drug-likeness (QED) is 0.671. The number of fused-ring (bicyclic) bond motifs is 1. The van der Waals surface area contributed by atoms with Gasteiger partial charge in [-0.2, -0.15) is 0 Å². The highest BCUT2D eigenvalue weighted by Gasteiger charge is 2.14. The molecule has 0 spiro atoms. The van der Waals surface area contributed by atoms with Gasteiger partial charge in [0.05, 0.1) is 13.2 Å². The van der Waals surface area contributed by atoms with Crippen LogP contribution in [-0.2, 0) is 18.0 Å². The molecule has 0 atom stereocenters. The van der Waals surface area contributed by atoms with Crippen LogP contribution in [0.25, 0.3) is 0 Å². The average Bonchev–Trinajstić information content (AvgIpc) is 2.62. The van der Waals surface area contributed by atoms with E-state index >= 15 is 0 Å². The van der Waals surface area contributed by atoms with Crippen LogP contribution in [0.2, 0.25) is 0 Å². The molecule has 0 fully saturated rings. The lowest BCUT2D eigenvalue weighted by atomic mass is 10.1. The van der Waals surface area contributed by atoms with Crippen LogP contribution >= 0.6 is 0 Å². The zero-order valence-corrected chi connectivity index (χ0v) is 8.41. The molecule has 1 heterocycles. The van der Waals surface area contributed by atoms with E-state index < -0.39 is 0 Å². The van der Waals surface area contributed by atoms with Crippen molar-refractivity contribution in [3.8, 4) is 0 Å². The monoisotopic (exact) mass is 191 g/mol. The van der Waals surface area contributed by atoms with Crippen LogP contribution in [0.15, 0.2) is 18.2 Å². The summed E-state index contributed by atoms with van der Waals surface area (Å²) in [5.41, 5.74) is 3.07. The molecule has 1 aliphatic rings. The van der Waals surface area contributed by atoms with Crippen molar-refractivity contribution in [3.05, 3.63) is 34.9 Å². The lowest BCUT2D eigenvalue weighted by Crippen LogP contribution is -2.21. The fourth-order valence-electron chi connectivity index (χ4n) is 1.56. The highest BCUT2D eigenvalue weighted by molar-refractivity contribution is 5.94. The van der Waals surface area contributed by atoms with E-state index in [-0.39, 0.29) is 5.91 Å². The average molecular weight is 191 g/mol. The van der Waals surface area contributed by atoms with Crippen LogP contribution in [0.4, 0.5) is 0 Å². The zero-order chi connectivity index (χ0) is 10.1. The first-order valence-electron chi connectivity index (χ1n) is 4.59. The highest BCUT2D eigenvalue weighted by Crippen LogP contribution is 2.21. The van der Waals surface area contributed by atoms with Crippen molar-refractivity contribution in [3.63, 3.8) is 0 Å². The largest absolute Gasteiger partial charge is 0.372 e. The summed E-state index contributed by atoms with van der Waals surface area (Å²) in [7, 11) is 3.51. The Balaban J connectivity index is 2.33. The smallest absolute Gasteiger partial charge is 0.253 e. The molecule has 14 heavy (non-hydrogen) atoms. The standard InChI is InChI=1S/C11H13NO2/c1-12(2)11(13)8-3-4-9-6-14-7-10(9)5-8/h3-5H,6-7H2,1-2H3. The minimum atomic E-state index is 0.0414. The summed E-state index contributed by atoms with van der Waals surface area (Å²) in [6.07, 6.45) is 0. The Hall–Kier alpha value is -1.35. The van der Waals surface area contributed by atoms with Gasteiger partial charge < -0.3 is 9.64 Å². The van der Waals surface area contributed by atoms with Crippen molar-refractivity contribution in [2.24, 2.45) is 0 Å². The maximum absolute atomic E-state index is 11.6. The van der Waals surface area contributed by atoms with E-state index in [1.807, 2.05) is 18.2 Å². The molecule has 0 aromatic heterocycles. The Kier molecular flexibility index (Phi) is 2.25. The second-order valence-corrected chi connectivity index (χ2v) is 3.68. The van der Waals surface area contributed by atoms with E-state index in [4.69, 9.17) is 4.74 Å². The molecule has 0 saturated carbocycles. The Labute approximate surface area is 83.3 Å². The van der Waals surface area contributed by atoms with Gasteiger partial charge in [0.1, 0.15) is 0 Å². The molecule has 1 aromatic rings. The summed E-state index contributed by atoms with van der Waals surface area (Å²) in [4.78, 5) is 13.2. The van der Waals surface area contributed by atoms with Crippen molar-refractivity contribution in [1.82, 2.24) is 4.90 Å². The highest BCUT2D eigenvalue weighted by atomic mass is 16.5. The van der Waals surface area contributed by atoms with Crippen LogP contribution in [0, 0.1) is 0 Å². The van der Waals surface area contributed by atoms with Crippen LogP contribution < -0.4 is 0 Å². The summed E-state index contributed by atoms with van der Waals surface area (Å²) in [6.45, 7) is 1.30. The van der Waals surface area contributed by atoms with Gasteiger partial charge in [-0.1, -0.05) is 6.07 Å². The molecule has 74 valence electrons. The summed E-state index contributed by atoms with van der Waals surface area (Å²) < 4.78 is 5.29. The van der Waals surface area contributed by atoms with Crippen LogP contribution in [0.5, 0.6) is 0 Å². The Bertz CT molecular complexity index is 372. The van der Waals surface area contributed by atoms with E-state index in [0.717, 1.165) is 11.1 Å². The third kappa shape index (κ3) is 1.51. The van der Waals surface area contributed by atoms with Gasteiger partial charge in [-0.25, -0.2) is 0 Å². The third-order valence-corrected chi connectivity index (χ3v) is 2.37. The zero-order valence-electron chi connectivity index (χ0n) is 8.41. The molecule has 3 heteroatoms. The molecule has 1 aromatic carbocycles. The molecule has 0 unspecified atom stereocenters. The Morgan fingerprint density at radius 2 is 2.00 bits per heavy atom. The number of carbonyl (C=O) groups excluding carboxylic acids is 1. The number of nitrogens with zero attached hydrogens (tertiary/aromatic N) is 1. The van der Waals surface area contributed by atoms with Gasteiger partial charge in [0.25, 0.3) is 5.91 Å². The predicted octanol–water partition coefficient (Wildman–Crippen LogP) is 1.42. The van der Waals surface area contributed by atoms with Gasteiger partial charge in [-0.15, -0.1) is 0 Å². The van der Waals surface area contributed by atoms with Crippen LogP contribution in [-0.4, -0.2) is 24.9 Å². The number of carbonyl (C=O) groups is 1. The van der Waals surface area contributed by atoms with Crippen LogP contribution in [0.1, 0.15) is 21.5 Å². The SMILES string of the molecule is CN(C)C(=O)c1ccc2c(c1)COC2. The van der Waals surface area contributed by atoms with Gasteiger partial charge in [0.2, 0.25) is 0 Å². The maximum atomic E-state index is 11.6. The minimum absolute atomic E-state index is 0.0414. The number of ether oxygens (including phenoxy) is 1. The molecule has 2 rings (SSSR count). The number of hydrogen-bond acceptors (Lipinski definition) is 2. The number of rotatable bonds is 1. The fraction of sp³-hybridized carbons (Fsp3) is 0.364. The normalized spacial score (nSPS) is 13.9. The lowest BCUT2D eigenvalue weighted by molar-refractivity contribution is 0.0827. The van der Waals surface area contributed by atoms with Gasteiger partial charge in [-0.3, -0.25) is 4.79 Å². The Morgan fingerprint density at radius 3 is 2.71 bits per heavy atom. The number of amides is 1. The molecule has 1 amide bonds. The van der Waals surface area contributed by atoms with E-state index in [1.165, 1.54) is 5.56 Å². The van der Waals surface area contributed by atoms with Crippen molar-refractivity contribution in [1.29, 1.82) is 0 Å². The molecular formula is C11H13NO2.